The van der Waals surface area contributed by atoms with Gasteiger partial charge in [-0.1, -0.05) is 13.8 Å². The summed E-state index contributed by atoms with van der Waals surface area (Å²) in [5.41, 5.74) is 0.637. The quantitative estimate of drug-likeness (QED) is 0.217. The summed E-state index contributed by atoms with van der Waals surface area (Å²) in [6.45, 7) is 6.23. The predicted octanol–water partition coefficient (Wildman–Crippen LogP) is 4.65. The summed E-state index contributed by atoms with van der Waals surface area (Å²) >= 11 is 0. The van der Waals surface area contributed by atoms with Crippen LogP contribution in [-0.4, -0.2) is 55.6 Å². The van der Waals surface area contributed by atoms with Crippen molar-refractivity contribution in [3.05, 3.63) is 88.4 Å². The number of aromatic nitrogens is 6. The van der Waals surface area contributed by atoms with Crippen LogP contribution in [0.25, 0.3) is 16.7 Å². The highest BCUT2D eigenvalue weighted by Crippen LogP contribution is 2.33. The van der Waals surface area contributed by atoms with Crippen molar-refractivity contribution in [2.24, 2.45) is 0 Å². The van der Waals surface area contributed by atoms with Gasteiger partial charge in [-0.15, -0.1) is 0 Å². The van der Waals surface area contributed by atoms with Crippen LogP contribution in [0.5, 0.6) is 11.5 Å². The number of nitrogens with one attached hydrogen (secondary N) is 3. The van der Waals surface area contributed by atoms with E-state index in [1.54, 1.807) is 31.5 Å². The molecule has 3 N–H and O–H groups in total. The Morgan fingerprint density at radius 2 is 1.88 bits per heavy atom. The minimum absolute atomic E-state index is 0.00376. The monoisotopic (exact) mass is 572 g/mol. The molecule has 0 aliphatic heterocycles. The van der Waals surface area contributed by atoms with Crippen LogP contribution in [0.4, 0.5) is 16.0 Å². The Morgan fingerprint density at radius 3 is 2.57 bits per heavy atom. The van der Waals surface area contributed by atoms with Gasteiger partial charge in [-0.2, -0.15) is 14.9 Å². The topological polar surface area (TPSA) is 149 Å². The normalized spacial score (nSPS) is 12.0. The molecule has 0 saturated heterocycles. The minimum atomic E-state index is -0.656. The lowest BCUT2D eigenvalue weighted by atomic mass is 10.1. The van der Waals surface area contributed by atoms with Crippen LogP contribution in [-0.2, 0) is 4.74 Å². The smallest absolute Gasteiger partial charge is 0.284 e. The molecule has 0 spiro atoms. The van der Waals surface area contributed by atoms with E-state index in [9.17, 15) is 14.0 Å². The van der Waals surface area contributed by atoms with Gasteiger partial charge in [0.25, 0.3) is 11.5 Å². The van der Waals surface area contributed by atoms with Crippen molar-refractivity contribution in [3.8, 4) is 17.2 Å². The van der Waals surface area contributed by atoms with Crippen molar-refractivity contribution in [3.63, 3.8) is 0 Å². The molecule has 1 aromatic carbocycles. The Hall–Kier alpha value is -5.17. The minimum Gasteiger partial charge on any atom is -0.455 e. The first-order chi connectivity index (χ1) is 20.2. The van der Waals surface area contributed by atoms with Crippen molar-refractivity contribution in [2.45, 2.75) is 32.7 Å². The van der Waals surface area contributed by atoms with Gasteiger partial charge in [-0.3, -0.25) is 14.7 Å². The number of benzene rings is 1. The zero-order valence-corrected chi connectivity index (χ0v) is 23.4. The van der Waals surface area contributed by atoms with Crippen LogP contribution in [0.2, 0.25) is 0 Å². The van der Waals surface area contributed by atoms with E-state index in [1.165, 1.54) is 36.5 Å². The first-order valence-electron chi connectivity index (χ1n) is 13.2. The fourth-order valence-corrected chi connectivity index (χ4v) is 4.18. The largest absolute Gasteiger partial charge is 0.455 e. The number of carbonyl (C=O) groups is 1. The third-order valence-corrected chi connectivity index (χ3v) is 6.27. The molecule has 1 atom stereocenters. The van der Waals surface area contributed by atoms with Gasteiger partial charge in [-0.25, -0.2) is 14.4 Å². The lowest BCUT2D eigenvalue weighted by Gasteiger charge is -2.13. The Kier molecular flexibility index (Phi) is 8.20. The van der Waals surface area contributed by atoms with Crippen molar-refractivity contribution in [1.82, 2.24) is 29.9 Å². The van der Waals surface area contributed by atoms with E-state index >= 15 is 0 Å². The van der Waals surface area contributed by atoms with E-state index in [2.05, 4.69) is 35.9 Å². The van der Waals surface area contributed by atoms with Crippen LogP contribution >= 0.6 is 0 Å². The summed E-state index contributed by atoms with van der Waals surface area (Å²) in [6.07, 6.45) is 3.05. The Labute approximate surface area is 239 Å². The molecule has 1 unspecified atom stereocenters. The van der Waals surface area contributed by atoms with Crippen LogP contribution in [0.15, 0.2) is 65.7 Å². The highest BCUT2D eigenvalue weighted by molar-refractivity contribution is 6.03. The number of H-pyrrole nitrogens is 1. The number of aromatic amines is 1. The molecule has 4 aromatic heterocycles. The van der Waals surface area contributed by atoms with E-state index in [-0.39, 0.29) is 23.3 Å². The summed E-state index contributed by atoms with van der Waals surface area (Å²) in [4.78, 5) is 35.0. The number of nitrogens with zero attached hydrogens (tertiary/aromatic N) is 5. The molecule has 12 nitrogen and oxygen atoms in total. The molecule has 216 valence electrons. The van der Waals surface area contributed by atoms with E-state index in [0.717, 1.165) is 4.68 Å². The number of anilines is 2. The molecule has 13 heteroatoms. The number of pyridine rings is 2. The van der Waals surface area contributed by atoms with Gasteiger partial charge in [0.15, 0.2) is 11.5 Å². The second kappa shape index (κ2) is 12.1. The molecule has 0 aliphatic rings. The third-order valence-electron chi connectivity index (χ3n) is 6.27. The van der Waals surface area contributed by atoms with Gasteiger partial charge < -0.3 is 20.1 Å². The van der Waals surface area contributed by atoms with E-state index in [4.69, 9.17) is 9.47 Å². The lowest BCUT2D eigenvalue weighted by molar-refractivity contribution is 0.102. The van der Waals surface area contributed by atoms with Crippen LogP contribution in [0.1, 0.15) is 42.7 Å². The highest BCUT2D eigenvalue weighted by atomic mass is 19.1. The maximum absolute atomic E-state index is 13.5. The van der Waals surface area contributed by atoms with Crippen molar-refractivity contribution in [2.75, 3.05) is 24.4 Å². The van der Waals surface area contributed by atoms with E-state index in [0.29, 0.717) is 46.3 Å². The zero-order chi connectivity index (χ0) is 29.8. The summed E-state index contributed by atoms with van der Waals surface area (Å²) in [5.74, 6) is 0.501. The zero-order valence-electron chi connectivity index (χ0n) is 23.4. The molecule has 0 saturated carbocycles. The summed E-state index contributed by atoms with van der Waals surface area (Å²) in [6, 6.07) is 11.7. The van der Waals surface area contributed by atoms with Gasteiger partial charge in [0.2, 0.25) is 0 Å². The maximum atomic E-state index is 13.5. The highest BCUT2D eigenvalue weighted by Gasteiger charge is 2.19. The average Bonchev–Trinajstić information content (AvgIpc) is 3.38. The fourth-order valence-electron chi connectivity index (χ4n) is 4.18. The first-order valence-corrected chi connectivity index (χ1v) is 13.2. The average molecular weight is 573 g/mol. The molecular weight excluding hydrogens is 543 g/mol. The van der Waals surface area contributed by atoms with Crippen LogP contribution < -0.4 is 20.9 Å². The standard InChI is InChI=1S/C29H29FN8O4/c1-16(2)22-13-21(29(40)38(37-22)19-7-5-18(30)6-8-19)28(39)34-24-10-9-20(14-32-24)42-23-11-12-31-26-25(23)27(36-35-26)33-17(3)15-41-4/h5-14,16-17H,15H2,1-4H3,(H,32,34,39)(H2,31,33,35,36). The number of hydrogen-bond donors (Lipinski definition) is 3. The Balaban J connectivity index is 1.36. The third kappa shape index (κ3) is 6.10. The molecule has 5 rings (SSSR count). The van der Waals surface area contributed by atoms with E-state index < -0.39 is 17.3 Å². The molecule has 5 aromatic rings. The number of rotatable bonds is 10. The van der Waals surface area contributed by atoms with Gasteiger partial charge in [0.05, 0.1) is 24.2 Å². The number of hydrogen-bond acceptors (Lipinski definition) is 9. The van der Waals surface area contributed by atoms with Crippen LogP contribution in [0, 0.1) is 5.82 Å². The lowest BCUT2D eigenvalue weighted by Crippen LogP contribution is -2.31. The fraction of sp³-hybridized carbons (Fsp3) is 0.241. The number of carbonyl (C=O) groups excluding carboxylic acids is 1. The molecule has 0 radical (unpaired) electrons. The van der Waals surface area contributed by atoms with Gasteiger partial charge >= 0.3 is 0 Å². The second-order valence-corrected chi connectivity index (χ2v) is 9.87. The predicted molar refractivity (Wildman–Crippen MR) is 155 cm³/mol. The maximum Gasteiger partial charge on any atom is 0.284 e. The van der Waals surface area contributed by atoms with Crippen molar-refractivity contribution in [1.29, 1.82) is 0 Å². The Bertz CT molecular complexity index is 1770. The molecule has 1 amide bonds. The SMILES string of the molecule is COCC(C)Nc1n[nH]c2nccc(Oc3ccc(NC(=O)c4cc(C(C)C)nn(-c5ccc(F)cc5)c4=O)nc3)c12. The molecule has 0 fully saturated rings. The number of methoxy groups -OCH3 is 1. The number of ether oxygens (including phenoxy) is 2. The number of halogens is 1. The molecule has 4 heterocycles. The van der Waals surface area contributed by atoms with Gasteiger partial charge in [-0.05, 0) is 55.3 Å². The molecular formula is C29H29FN8O4. The van der Waals surface area contributed by atoms with E-state index in [1.807, 2.05) is 20.8 Å². The molecule has 42 heavy (non-hydrogen) atoms. The first kappa shape index (κ1) is 28.4. The summed E-state index contributed by atoms with van der Waals surface area (Å²) < 4.78 is 25.8. The van der Waals surface area contributed by atoms with Crippen molar-refractivity contribution < 1.29 is 18.7 Å². The molecule has 0 bridgehead atoms. The summed E-state index contributed by atoms with van der Waals surface area (Å²) in [7, 11) is 1.62. The summed E-state index contributed by atoms with van der Waals surface area (Å²) in [5, 5.41) is 18.1. The van der Waals surface area contributed by atoms with Gasteiger partial charge in [0, 0.05) is 25.4 Å². The number of fused-ring (bicyclic) bond motifs is 1. The Morgan fingerprint density at radius 1 is 1.10 bits per heavy atom. The molecule has 0 aliphatic carbocycles. The van der Waals surface area contributed by atoms with Gasteiger partial charge in [0.1, 0.15) is 34.1 Å². The van der Waals surface area contributed by atoms with Crippen molar-refractivity contribution >= 4 is 28.6 Å². The second-order valence-electron chi connectivity index (χ2n) is 9.87. The number of amides is 1. The van der Waals surface area contributed by atoms with Crippen LogP contribution in [0.3, 0.4) is 0 Å².